The fourth-order valence-electron chi connectivity index (χ4n) is 2.72. The Balaban J connectivity index is 1.83. The molecule has 1 aliphatic rings. The van der Waals surface area contributed by atoms with E-state index in [0.717, 1.165) is 11.3 Å². The summed E-state index contributed by atoms with van der Waals surface area (Å²) in [6.07, 6.45) is 1.09. The van der Waals surface area contributed by atoms with E-state index in [1.165, 1.54) is 10.4 Å². The van der Waals surface area contributed by atoms with Crippen molar-refractivity contribution < 1.29 is 13.2 Å². The maximum absolute atomic E-state index is 12.7. The van der Waals surface area contributed by atoms with Gasteiger partial charge in [-0.05, 0) is 36.4 Å². The Morgan fingerprint density at radius 3 is 2.79 bits per heavy atom. The SMILES string of the molecule is N#Cc1ccccc1NC(=O)C1CCCN1S(=O)(=O)c1cccs1. The zero-order valence-corrected chi connectivity index (χ0v) is 14.3. The van der Waals surface area contributed by atoms with Crippen molar-refractivity contribution in [2.24, 2.45) is 0 Å². The number of thiophene rings is 1. The van der Waals surface area contributed by atoms with Gasteiger partial charge >= 0.3 is 0 Å². The average molecular weight is 361 g/mol. The van der Waals surface area contributed by atoms with Gasteiger partial charge in [0.2, 0.25) is 5.91 Å². The molecule has 0 saturated carbocycles. The van der Waals surface area contributed by atoms with Crippen molar-refractivity contribution in [1.29, 1.82) is 5.26 Å². The third-order valence-electron chi connectivity index (χ3n) is 3.87. The second-order valence-corrected chi connectivity index (χ2v) is 8.42. The molecule has 1 aliphatic heterocycles. The summed E-state index contributed by atoms with van der Waals surface area (Å²) in [5.74, 6) is -0.407. The Labute approximate surface area is 144 Å². The van der Waals surface area contributed by atoms with Crippen molar-refractivity contribution in [3.8, 4) is 6.07 Å². The number of hydrogen-bond acceptors (Lipinski definition) is 5. The highest BCUT2D eigenvalue weighted by molar-refractivity contribution is 7.91. The Bertz CT molecular complexity index is 886. The van der Waals surface area contributed by atoms with E-state index in [-0.39, 0.29) is 4.21 Å². The van der Waals surface area contributed by atoms with Crippen LogP contribution < -0.4 is 5.32 Å². The largest absolute Gasteiger partial charge is 0.323 e. The lowest BCUT2D eigenvalue weighted by atomic mass is 10.1. The van der Waals surface area contributed by atoms with Gasteiger partial charge in [-0.2, -0.15) is 9.57 Å². The van der Waals surface area contributed by atoms with Gasteiger partial charge in [-0.25, -0.2) is 8.42 Å². The molecule has 124 valence electrons. The third-order valence-corrected chi connectivity index (χ3v) is 7.15. The van der Waals surface area contributed by atoms with Crippen molar-refractivity contribution in [2.45, 2.75) is 23.1 Å². The van der Waals surface area contributed by atoms with E-state index in [0.29, 0.717) is 30.6 Å². The molecule has 0 bridgehead atoms. The van der Waals surface area contributed by atoms with Gasteiger partial charge in [0.25, 0.3) is 10.0 Å². The van der Waals surface area contributed by atoms with Crippen molar-refractivity contribution >= 4 is 33.0 Å². The summed E-state index contributed by atoms with van der Waals surface area (Å²) in [5.41, 5.74) is 0.738. The van der Waals surface area contributed by atoms with E-state index in [4.69, 9.17) is 5.26 Å². The number of para-hydroxylation sites is 1. The summed E-state index contributed by atoms with van der Waals surface area (Å²) in [7, 11) is -3.67. The molecule has 0 aliphatic carbocycles. The first-order valence-corrected chi connectivity index (χ1v) is 9.71. The topological polar surface area (TPSA) is 90.3 Å². The predicted octanol–water partition coefficient (Wildman–Crippen LogP) is 2.41. The number of anilines is 1. The molecule has 1 aromatic carbocycles. The Morgan fingerprint density at radius 2 is 2.08 bits per heavy atom. The standard InChI is InChI=1S/C16H15N3O3S2/c17-11-12-5-1-2-6-13(12)18-16(20)14-7-3-9-19(14)24(21,22)15-8-4-10-23-15/h1-2,4-6,8,10,14H,3,7,9H2,(H,18,20). The highest BCUT2D eigenvalue weighted by Gasteiger charge is 2.40. The molecule has 1 amide bonds. The number of amides is 1. The number of nitrogens with zero attached hydrogens (tertiary/aromatic N) is 2. The predicted molar refractivity (Wildman–Crippen MR) is 91.0 cm³/mol. The van der Waals surface area contributed by atoms with Gasteiger partial charge in [0.05, 0.1) is 11.3 Å². The smallest absolute Gasteiger partial charge is 0.253 e. The van der Waals surface area contributed by atoms with Gasteiger partial charge in [-0.1, -0.05) is 18.2 Å². The molecule has 2 aromatic rings. The van der Waals surface area contributed by atoms with Gasteiger partial charge in [-0.15, -0.1) is 11.3 Å². The molecule has 1 fully saturated rings. The molecule has 1 aromatic heterocycles. The minimum atomic E-state index is -3.67. The number of hydrogen-bond donors (Lipinski definition) is 1. The molecule has 1 unspecified atom stereocenters. The molecular formula is C16H15N3O3S2. The van der Waals surface area contributed by atoms with Crippen LogP contribution in [0.3, 0.4) is 0 Å². The number of nitrogens with one attached hydrogen (secondary N) is 1. The summed E-state index contributed by atoms with van der Waals surface area (Å²) in [6, 6.07) is 11.1. The van der Waals surface area contributed by atoms with Crippen molar-refractivity contribution in [1.82, 2.24) is 4.31 Å². The fraction of sp³-hybridized carbons (Fsp3) is 0.250. The number of benzene rings is 1. The lowest BCUT2D eigenvalue weighted by molar-refractivity contribution is -0.119. The molecule has 24 heavy (non-hydrogen) atoms. The summed E-state index contributed by atoms with van der Waals surface area (Å²) < 4.78 is 26.9. The minimum Gasteiger partial charge on any atom is -0.323 e. The summed E-state index contributed by atoms with van der Waals surface area (Å²) in [4.78, 5) is 12.6. The highest BCUT2D eigenvalue weighted by atomic mass is 32.2. The maximum Gasteiger partial charge on any atom is 0.253 e. The van der Waals surface area contributed by atoms with Crippen LogP contribution in [-0.2, 0) is 14.8 Å². The first-order valence-electron chi connectivity index (χ1n) is 7.39. The summed E-state index contributed by atoms with van der Waals surface area (Å²) >= 11 is 1.14. The quantitative estimate of drug-likeness (QED) is 0.905. The zero-order chi connectivity index (χ0) is 17.2. The van der Waals surface area contributed by atoms with Gasteiger partial charge in [0.1, 0.15) is 16.3 Å². The lowest BCUT2D eigenvalue weighted by Crippen LogP contribution is -2.42. The van der Waals surface area contributed by atoms with E-state index in [9.17, 15) is 13.2 Å². The van der Waals surface area contributed by atoms with Crippen molar-refractivity contribution in [2.75, 3.05) is 11.9 Å². The van der Waals surface area contributed by atoms with Crippen LogP contribution in [0.25, 0.3) is 0 Å². The van der Waals surface area contributed by atoms with Crippen molar-refractivity contribution in [3.05, 3.63) is 47.3 Å². The second kappa shape index (κ2) is 6.73. The monoisotopic (exact) mass is 361 g/mol. The molecule has 1 N–H and O–H groups in total. The molecule has 2 heterocycles. The Morgan fingerprint density at radius 1 is 1.29 bits per heavy atom. The average Bonchev–Trinajstić information content (AvgIpc) is 3.27. The van der Waals surface area contributed by atoms with Crippen LogP contribution in [0.5, 0.6) is 0 Å². The van der Waals surface area contributed by atoms with Crippen LogP contribution in [0.4, 0.5) is 5.69 Å². The molecule has 1 saturated heterocycles. The van der Waals surface area contributed by atoms with Gasteiger partial charge in [-0.3, -0.25) is 4.79 Å². The second-order valence-electron chi connectivity index (χ2n) is 5.35. The normalized spacial score (nSPS) is 18.2. The molecule has 6 nitrogen and oxygen atoms in total. The third kappa shape index (κ3) is 3.06. The number of carbonyl (C=O) groups excluding carboxylic acids is 1. The molecule has 0 radical (unpaired) electrons. The van der Waals surface area contributed by atoms with E-state index in [2.05, 4.69) is 5.32 Å². The maximum atomic E-state index is 12.7. The number of carbonyl (C=O) groups is 1. The van der Waals surface area contributed by atoms with E-state index < -0.39 is 22.0 Å². The first-order chi connectivity index (χ1) is 11.5. The summed E-state index contributed by atoms with van der Waals surface area (Å²) in [6.45, 7) is 0.318. The van der Waals surface area contributed by atoms with Crippen LogP contribution in [0.2, 0.25) is 0 Å². The van der Waals surface area contributed by atoms with Crippen LogP contribution in [0.1, 0.15) is 18.4 Å². The van der Waals surface area contributed by atoms with Gasteiger partial charge in [0.15, 0.2) is 0 Å². The number of rotatable bonds is 4. The van der Waals surface area contributed by atoms with Crippen LogP contribution in [-0.4, -0.2) is 31.2 Å². The number of nitriles is 1. The van der Waals surface area contributed by atoms with Gasteiger partial charge < -0.3 is 5.32 Å². The fourth-order valence-corrected chi connectivity index (χ4v) is 5.50. The zero-order valence-electron chi connectivity index (χ0n) is 12.7. The van der Waals surface area contributed by atoms with Crippen LogP contribution in [0.15, 0.2) is 46.0 Å². The van der Waals surface area contributed by atoms with Crippen LogP contribution >= 0.6 is 11.3 Å². The van der Waals surface area contributed by atoms with E-state index >= 15 is 0 Å². The Hall–Kier alpha value is -2.21. The summed E-state index contributed by atoms with van der Waals surface area (Å²) in [5, 5.41) is 13.5. The van der Waals surface area contributed by atoms with Crippen LogP contribution in [0, 0.1) is 11.3 Å². The minimum absolute atomic E-state index is 0.236. The number of sulfonamides is 1. The van der Waals surface area contributed by atoms with Crippen molar-refractivity contribution in [3.63, 3.8) is 0 Å². The van der Waals surface area contributed by atoms with Gasteiger partial charge in [0, 0.05) is 6.54 Å². The molecule has 1 atom stereocenters. The molecule has 3 rings (SSSR count). The molecular weight excluding hydrogens is 346 g/mol. The Kier molecular flexibility index (Phi) is 4.66. The molecule has 8 heteroatoms. The lowest BCUT2D eigenvalue weighted by Gasteiger charge is -2.22. The first kappa shape index (κ1) is 16.6. The van der Waals surface area contributed by atoms with E-state index in [1.54, 1.807) is 35.7 Å². The van der Waals surface area contributed by atoms with E-state index in [1.807, 2.05) is 6.07 Å². The highest BCUT2D eigenvalue weighted by Crippen LogP contribution is 2.29. The molecule has 0 spiro atoms.